The second-order valence-corrected chi connectivity index (χ2v) is 6.99. The second-order valence-electron chi connectivity index (χ2n) is 4.57. The zero-order valence-corrected chi connectivity index (χ0v) is 13.0. The molecule has 0 spiro atoms. The number of sulfonamides is 1. The molecule has 1 aliphatic heterocycles. The fraction of sp³-hybridized carbons (Fsp3) is 0.417. The van der Waals surface area contributed by atoms with Gasteiger partial charge in [0.05, 0.1) is 23.1 Å². The van der Waals surface area contributed by atoms with E-state index >= 15 is 0 Å². The Morgan fingerprint density at radius 2 is 2.25 bits per heavy atom. The Kier molecular flexibility index (Phi) is 4.79. The number of nitrogens with one attached hydrogen (secondary N) is 1. The molecular weight excluding hydrogens is 348 g/mol. The van der Waals surface area contributed by atoms with Gasteiger partial charge >= 0.3 is 0 Å². The Labute approximate surface area is 125 Å². The van der Waals surface area contributed by atoms with E-state index in [2.05, 4.69) is 21.2 Å². The number of anilines is 1. The predicted octanol–water partition coefficient (Wildman–Crippen LogP) is 1.60. The van der Waals surface area contributed by atoms with E-state index in [4.69, 9.17) is 9.88 Å². The topological polar surface area (TPSA) is 98.5 Å². The van der Waals surface area contributed by atoms with E-state index in [9.17, 15) is 13.2 Å². The average molecular weight is 363 g/mol. The molecule has 1 atom stereocenters. The minimum atomic E-state index is -3.75. The number of ether oxygens (including phenoxy) is 1. The summed E-state index contributed by atoms with van der Waals surface area (Å²) in [6, 6.07) is 4.20. The van der Waals surface area contributed by atoms with E-state index in [1.165, 1.54) is 18.2 Å². The lowest BCUT2D eigenvalue weighted by Crippen LogP contribution is -2.19. The minimum Gasteiger partial charge on any atom is -0.378 e. The van der Waals surface area contributed by atoms with Crippen molar-refractivity contribution in [3.63, 3.8) is 0 Å². The van der Waals surface area contributed by atoms with Crippen LogP contribution in [-0.2, 0) is 19.6 Å². The van der Waals surface area contributed by atoms with Gasteiger partial charge in [0.25, 0.3) is 0 Å². The first kappa shape index (κ1) is 15.4. The van der Waals surface area contributed by atoms with Crippen LogP contribution >= 0.6 is 15.9 Å². The maximum absolute atomic E-state index is 11.8. The molecule has 1 aromatic rings. The molecular formula is C12H15BrN2O4S. The van der Waals surface area contributed by atoms with E-state index in [0.29, 0.717) is 23.2 Å². The maximum atomic E-state index is 11.8. The molecule has 110 valence electrons. The molecule has 0 aliphatic carbocycles. The van der Waals surface area contributed by atoms with Gasteiger partial charge in [-0.15, -0.1) is 0 Å². The molecule has 1 saturated heterocycles. The molecule has 0 radical (unpaired) electrons. The van der Waals surface area contributed by atoms with Crippen LogP contribution in [0, 0.1) is 0 Å². The summed E-state index contributed by atoms with van der Waals surface area (Å²) >= 11 is 3.21. The first-order valence-electron chi connectivity index (χ1n) is 6.10. The van der Waals surface area contributed by atoms with Crippen molar-refractivity contribution >= 4 is 37.5 Å². The average Bonchev–Trinajstić information content (AvgIpc) is 2.83. The highest BCUT2D eigenvalue weighted by Gasteiger charge is 2.19. The lowest BCUT2D eigenvalue weighted by molar-refractivity contribution is -0.118. The number of amides is 1. The molecule has 3 N–H and O–H groups in total. The lowest BCUT2D eigenvalue weighted by atomic mass is 10.2. The van der Waals surface area contributed by atoms with Gasteiger partial charge in [-0.05, 0) is 47.0 Å². The third-order valence-electron chi connectivity index (χ3n) is 2.98. The van der Waals surface area contributed by atoms with Crippen molar-refractivity contribution in [2.24, 2.45) is 5.14 Å². The summed E-state index contributed by atoms with van der Waals surface area (Å²) < 4.78 is 28.3. The number of hydrogen-bond donors (Lipinski definition) is 2. The second kappa shape index (κ2) is 6.21. The van der Waals surface area contributed by atoms with Gasteiger partial charge in [-0.3, -0.25) is 4.79 Å². The smallest absolute Gasteiger partial charge is 0.238 e. The number of hydrogen-bond acceptors (Lipinski definition) is 4. The molecule has 20 heavy (non-hydrogen) atoms. The fourth-order valence-corrected chi connectivity index (χ4v) is 3.16. The Bertz CT molecular complexity index is 612. The number of nitrogens with two attached hydrogens (primary N) is 1. The van der Waals surface area contributed by atoms with E-state index in [1.54, 1.807) is 0 Å². The van der Waals surface area contributed by atoms with Crippen LogP contribution in [0.25, 0.3) is 0 Å². The molecule has 8 heteroatoms. The molecule has 1 aromatic carbocycles. The van der Waals surface area contributed by atoms with Gasteiger partial charge in [-0.1, -0.05) is 0 Å². The summed E-state index contributed by atoms with van der Waals surface area (Å²) in [6.07, 6.45) is 2.13. The summed E-state index contributed by atoms with van der Waals surface area (Å²) in [7, 11) is -3.75. The summed E-state index contributed by atoms with van der Waals surface area (Å²) in [5, 5.41) is 7.75. The molecule has 1 fully saturated rings. The molecule has 0 aromatic heterocycles. The third-order valence-corrected chi connectivity index (χ3v) is 4.55. The van der Waals surface area contributed by atoms with E-state index < -0.39 is 10.0 Å². The summed E-state index contributed by atoms with van der Waals surface area (Å²) in [5.41, 5.74) is 0.500. The van der Waals surface area contributed by atoms with Crippen molar-refractivity contribution in [2.75, 3.05) is 11.9 Å². The van der Waals surface area contributed by atoms with Crippen molar-refractivity contribution < 1.29 is 17.9 Å². The first-order valence-corrected chi connectivity index (χ1v) is 8.44. The molecule has 0 bridgehead atoms. The van der Waals surface area contributed by atoms with Crippen molar-refractivity contribution in [1.29, 1.82) is 0 Å². The predicted molar refractivity (Wildman–Crippen MR) is 77.7 cm³/mol. The van der Waals surface area contributed by atoms with Gasteiger partial charge < -0.3 is 10.1 Å². The lowest BCUT2D eigenvalue weighted by Gasteiger charge is -2.11. The largest absolute Gasteiger partial charge is 0.378 e. The van der Waals surface area contributed by atoms with Gasteiger partial charge in [0.1, 0.15) is 0 Å². The Morgan fingerprint density at radius 3 is 2.80 bits per heavy atom. The van der Waals surface area contributed by atoms with Crippen molar-refractivity contribution in [2.45, 2.75) is 30.3 Å². The first-order chi connectivity index (χ1) is 9.36. The Morgan fingerprint density at radius 1 is 1.50 bits per heavy atom. The van der Waals surface area contributed by atoms with Crippen molar-refractivity contribution in [3.8, 4) is 0 Å². The highest BCUT2D eigenvalue weighted by molar-refractivity contribution is 9.10. The van der Waals surface area contributed by atoms with Gasteiger partial charge in [-0.25, -0.2) is 13.6 Å². The van der Waals surface area contributed by atoms with E-state index in [1.807, 2.05) is 0 Å². The summed E-state index contributed by atoms with van der Waals surface area (Å²) in [5.74, 6) is -0.166. The number of benzene rings is 1. The van der Waals surface area contributed by atoms with E-state index in [-0.39, 0.29) is 16.9 Å². The quantitative estimate of drug-likeness (QED) is 0.849. The van der Waals surface area contributed by atoms with Crippen molar-refractivity contribution in [1.82, 2.24) is 0 Å². The van der Waals surface area contributed by atoms with Crippen LogP contribution in [0.2, 0.25) is 0 Å². The number of carbonyl (C=O) groups excluding carboxylic acids is 1. The number of carbonyl (C=O) groups is 1. The van der Waals surface area contributed by atoms with Crippen LogP contribution < -0.4 is 10.5 Å². The highest BCUT2D eigenvalue weighted by atomic mass is 79.9. The molecule has 0 saturated carbocycles. The van der Waals surface area contributed by atoms with Crippen LogP contribution in [0.15, 0.2) is 27.6 Å². The van der Waals surface area contributed by atoms with Crippen LogP contribution in [0.5, 0.6) is 0 Å². The van der Waals surface area contributed by atoms with Gasteiger partial charge in [0, 0.05) is 11.1 Å². The standard InChI is InChI=1S/C12H15BrN2O4S/c13-10-7-9(20(14,17)18)3-4-11(10)15-12(16)6-8-2-1-5-19-8/h3-4,7-8H,1-2,5-6H2,(H,15,16)(H2,14,17,18). The number of primary sulfonamides is 1. The SMILES string of the molecule is NS(=O)(=O)c1ccc(NC(=O)CC2CCCO2)c(Br)c1. The van der Waals surface area contributed by atoms with Crippen LogP contribution in [0.1, 0.15) is 19.3 Å². The summed E-state index contributed by atoms with van der Waals surface area (Å²) in [6.45, 7) is 0.699. The fourth-order valence-electron chi connectivity index (χ4n) is 1.99. The van der Waals surface area contributed by atoms with Crippen LogP contribution in [0.3, 0.4) is 0 Å². The zero-order chi connectivity index (χ0) is 14.8. The molecule has 2 rings (SSSR count). The normalized spacial score (nSPS) is 19.0. The Hall–Kier alpha value is -0.960. The van der Waals surface area contributed by atoms with E-state index in [0.717, 1.165) is 12.8 Å². The summed E-state index contributed by atoms with van der Waals surface area (Å²) in [4.78, 5) is 11.8. The van der Waals surface area contributed by atoms with Crippen molar-refractivity contribution in [3.05, 3.63) is 22.7 Å². The molecule has 1 heterocycles. The van der Waals surface area contributed by atoms with Crippen LogP contribution in [-0.4, -0.2) is 27.0 Å². The number of halogens is 1. The molecule has 1 amide bonds. The number of rotatable bonds is 4. The van der Waals surface area contributed by atoms with Gasteiger partial charge in [-0.2, -0.15) is 0 Å². The maximum Gasteiger partial charge on any atom is 0.238 e. The van der Waals surface area contributed by atoms with Gasteiger partial charge in [0.15, 0.2) is 0 Å². The molecule has 1 unspecified atom stereocenters. The van der Waals surface area contributed by atoms with Crippen LogP contribution in [0.4, 0.5) is 5.69 Å². The minimum absolute atomic E-state index is 0.0125. The highest BCUT2D eigenvalue weighted by Crippen LogP contribution is 2.26. The Balaban J connectivity index is 2.04. The third kappa shape index (κ3) is 4.02. The zero-order valence-electron chi connectivity index (χ0n) is 10.6. The van der Waals surface area contributed by atoms with Gasteiger partial charge in [0.2, 0.25) is 15.9 Å². The monoisotopic (exact) mass is 362 g/mol. The molecule has 6 nitrogen and oxygen atoms in total. The molecule has 1 aliphatic rings.